The molecule has 0 fully saturated rings. The summed E-state index contributed by atoms with van der Waals surface area (Å²) >= 11 is 0. The molecule has 0 heterocycles. The molecule has 0 aliphatic rings. The highest BCUT2D eigenvalue weighted by molar-refractivity contribution is 7.72. The van der Waals surface area contributed by atoms with Crippen molar-refractivity contribution >= 4 is 27.1 Å². The van der Waals surface area contributed by atoms with Crippen molar-refractivity contribution in [2.45, 2.75) is 57.3 Å². The van der Waals surface area contributed by atoms with E-state index in [1.54, 1.807) is 13.8 Å². The molecular weight excluding hydrogens is 434 g/mol. The lowest BCUT2D eigenvalue weighted by Gasteiger charge is -2.32. The van der Waals surface area contributed by atoms with Gasteiger partial charge in [0, 0.05) is 6.42 Å². The van der Waals surface area contributed by atoms with Gasteiger partial charge in [-0.1, -0.05) is 13.8 Å². The molecule has 0 saturated heterocycles. The first-order valence-electron chi connectivity index (χ1n) is 8.54. The zero-order valence-corrected chi connectivity index (χ0v) is 18.5. The third kappa shape index (κ3) is 7.39. The monoisotopic (exact) mass is 464 g/mol. The fraction of sp³-hybridized carbons (Fsp3) is 0.857. The van der Waals surface area contributed by atoms with Gasteiger partial charge in [-0.2, -0.15) is 0 Å². The second kappa shape index (κ2) is 10.4. The fourth-order valence-electron chi connectivity index (χ4n) is 1.85. The van der Waals surface area contributed by atoms with Crippen molar-refractivity contribution in [3.05, 3.63) is 0 Å². The van der Waals surface area contributed by atoms with Crippen molar-refractivity contribution in [3.63, 3.8) is 0 Å². The number of nitrogens with two attached hydrogens (primary N) is 2. The zero-order chi connectivity index (χ0) is 23.3. The van der Waals surface area contributed by atoms with Crippen LogP contribution in [-0.2, 0) is 32.7 Å². The minimum Gasteiger partial charge on any atom is -0.446 e. The van der Waals surface area contributed by atoms with Gasteiger partial charge in [0.15, 0.2) is 0 Å². The number of hydrogen-bond donors (Lipinski definition) is 6. The highest BCUT2D eigenvalue weighted by Gasteiger charge is 2.60. The average molecular weight is 464 g/mol. The van der Waals surface area contributed by atoms with Crippen molar-refractivity contribution in [1.29, 1.82) is 0 Å². The predicted molar refractivity (Wildman–Crippen MR) is 100 cm³/mol. The number of ether oxygens (including phenoxy) is 2. The van der Waals surface area contributed by atoms with E-state index in [1.807, 2.05) is 0 Å². The van der Waals surface area contributed by atoms with Crippen molar-refractivity contribution in [2.24, 2.45) is 17.4 Å². The van der Waals surface area contributed by atoms with Crippen LogP contribution in [0.3, 0.4) is 0 Å². The summed E-state index contributed by atoms with van der Waals surface area (Å²) in [6.07, 6.45) is -1.04. The lowest BCUT2D eigenvalue weighted by atomic mass is 10.1. The number of aliphatic hydroxyl groups is 1. The van der Waals surface area contributed by atoms with Gasteiger partial charge in [0.25, 0.3) is 5.08 Å². The Hall–Kier alpha value is -0.880. The van der Waals surface area contributed by atoms with Crippen LogP contribution in [0.4, 0.5) is 0 Å². The summed E-state index contributed by atoms with van der Waals surface area (Å²) in [6, 6.07) is -1.00. The highest BCUT2D eigenvalue weighted by atomic mass is 31.2. The summed E-state index contributed by atoms with van der Waals surface area (Å²) in [6.45, 7) is 4.29. The van der Waals surface area contributed by atoms with Crippen LogP contribution in [0, 0.1) is 5.92 Å². The van der Waals surface area contributed by atoms with Crippen molar-refractivity contribution in [2.75, 3.05) is 13.3 Å². The molecular formula is C14H30N2O11P2. The molecule has 172 valence electrons. The number of carbonyl (C=O) groups is 2. The summed E-state index contributed by atoms with van der Waals surface area (Å²) < 4.78 is 37.7. The van der Waals surface area contributed by atoms with Gasteiger partial charge >= 0.3 is 27.1 Å². The normalized spacial score (nSPS) is 17.9. The standard InChI is InChI=1S/C14H30N2O11P2/c1-9(2)10(16)11(17)27-13(3,4)12(18)25-8-26-29(23,24)14(19,6-5-7-15)28(20,21)22/h9-10,19H,5-8,15-16H2,1-4H3,(H,23,24)(H2,20,21,22)/t10-,14?/m0/s1. The maximum atomic E-state index is 12.2. The summed E-state index contributed by atoms with van der Waals surface area (Å²) in [5.41, 5.74) is 8.97. The molecule has 0 saturated carbocycles. The average Bonchev–Trinajstić information content (AvgIpc) is 2.56. The lowest BCUT2D eigenvalue weighted by molar-refractivity contribution is -0.184. The van der Waals surface area contributed by atoms with Crippen molar-refractivity contribution < 1.29 is 52.5 Å². The van der Waals surface area contributed by atoms with E-state index < -0.39 is 57.1 Å². The number of esters is 2. The molecule has 0 aliphatic carbocycles. The SMILES string of the molecule is CC(C)[C@H](N)C(=O)OC(C)(C)C(=O)OCOP(=O)(O)C(O)(CCCN)P(=O)(O)O. The van der Waals surface area contributed by atoms with Crippen LogP contribution in [0.15, 0.2) is 0 Å². The van der Waals surface area contributed by atoms with E-state index in [0.717, 1.165) is 0 Å². The molecule has 8 N–H and O–H groups in total. The molecule has 3 atom stereocenters. The Kier molecular flexibility index (Phi) is 10.1. The van der Waals surface area contributed by atoms with Crippen molar-refractivity contribution in [1.82, 2.24) is 0 Å². The molecule has 13 nitrogen and oxygen atoms in total. The van der Waals surface area contributed by atoms with Crippen LogP contribution < -0.4 is 11.5 Å². The molecule has 0 amide bonds. The Morgan fingerprint density at radius 3 is 2.07 bits per heavy atom. The largest absolute Gasteiger partial charge is 0.446 e. The molecule has 0 aromatic carbocycles. The molecule has 15 heteroatoms. The zero-order valence-electron chi connectivity index (χ0n) is 16.7. The van der Waals surface area contributed by atoms with Gasteiger partial charge < -0.3 is 40.7 Å². The van der Waals surface area contributed by atoms with E-state index >= 15 is 0 Å². The van der Waals surface area contributed by atoms with Gasteiger partial charge in [-0.3, -0.25) is 18.4 Å². The molecule has 29 heavy (non-hydrogen) atoms. The summed E-state index contributed by atoms with van der Waals surface area (Å²) in [5, 5.41) is 6.65. The Labute approximate surface area is 168 Å². The molecule has 0 bridgehead atoms. The van der Waals surface area contributed by atoms with Gasteiger partial charge in [-0.25, -0.2) is 4.79 Å². The molecule has 2 unspecified atom stereocenters. The van der Waals surface area contributed by atoms with E-state index in [9.17, 15) is 38.5 Å². The molecule has 0 rings (SSSR count). The first-order chi connectivity index (χ1) is 12.9. The van der Waals surface area contributed by atoms with E-state index in [2.05, 4.69) is 9.26 Å². The van der Waals surface area contributed by atoms with Gasteiger partial charge in [-0.05, 0) is 32.7 Å². The topological polar surface area (TPSA) is 229 Å². The molecule has 0 aromatic rings. The van der Waals surface area contributed by atoms with E-state index in [-0.39, 0.29) is 18.9 Å². The highest BCUT2D eigenvalue weighted by Crippen LogP contribution is 2.71. The predicted octanol–water partition coefficient (Wildman–Crippen LogP) is -0.443. The van der Waals surface area contributed by atoms with Crippen LogP contribution in [0.2, 0.25) is 0 Å². The van der Waals surface area contributed by atoms with Crippen LogP contribution in [-0.4, -0.2) is 61.8 Å². The second-order valence-electron chi connectivity index (χ2n) is 7.11. The van der Waals surface area contributed by atoms with Crippen molar-refractivity contribution in [3.8, 4) is 0 Å². The van der Waals surface area contributed by atoms with Gasteiger partial charge in [0.1, 0.15) is 6.04 Å². The third-order valence-electron chi connectivity index (χ3n) is 3.89. The van der Waals surface area contributed by atoms with Crippen LogP contribution in [0.5, 0.6) is 0 Å². The maximum absolute atomic E-state index is 12.2. The quantitative estimate of drug-likeness (QED) is 0.122. The molecule has 0 radical (unpaired) electrons. The Bertz CT molecular complexity index is 678. The molecule has 0 aliphatic heterocycles. The minimum absolute atomic E-state index is 0.130. The first kappa shape index (κ1) is 28.1. The summed E-state index contributed by atoms with van der Waals surface area (Å²) in [7, 11) is -10.9. The van der Waals surface area contributed by atoms with E-state index in [4.69, 9.17) is 16.2 Å². The first-order valence-corrected chi connectivity index (χ1v) is 11.7. The Morgan fingerprint density at radius 2 is 1.66 bits per heavy atom. The van der Waals surface area contributed by atoms with Crippen LogP contribution in [0.1, 0.15) is 40.5 Å². The smallest absolute Gasteiger partial charge is 0.374 e. The summed E-state index contributed by atoms with van der Waals surface area (Å²) in [5.74, 6) is -2.34. The Balaban J connectivity index is 5.10. The Morgan fingerprint density at radius 1 is 1.14 bits per heavy atom. The number of carbonyl (C=O) groups excluding carboxylic acids is 2. The van der Waals surface area contributed by atoms with Crippen LogP contribution >= 0.6 is 15.2 Å². The van der Waals surface area contributed by atoms with Gasteiger partial charge in [-0.15, -0.1) is 0 Å². The fourth-order valence-corrected chi connectivity index (χ4v) is 4.64. The lowest BCUT2D eigenvalue weighted by Crippen LogP contribution is -2.45. The maximum Gasteiger partial charge on any atom is 0.374 e. The minimum atomic E-state index is -5.54. The number of hydrogen-bond acceptors (Lipinski definition) is 10. The van der Waals surface area contributed by atoms with Gasteiger partial charge in [0.2, 0.25) is 12.4 Å². The summed E-state index contributed by atoms with van der Waals surface area (Å²) in [4.78, 5) is 52.3. The van der Waals surface area contributed by atoms with E-state index in [1.165, 1.54) is 13.8 Å². The number of rotatable bonds is 12. The van der Waals surface area contributed by atoms with E-state index in [0.29, 0.717) is 0 Å². The molecule has 0 aromatic heterocycles. The molecule has 0 spiro atoms. The second-order valence-corrected chi connectivity index (χ2v) is 11.3. The van der Waals surface area contributed by atoms with Gasteiger partial charge in [0.05, 0.1) is 0 Å². The van der Waals surface area contributed by atoms with Crippen LogP contribution in [0.25, 0.3) is 0 Å². The third-order valence-corrected chi connectivity index (χ3v) is 8.17.